The molecule has 1 aromatic heterocycles. The van der Waals surface area contributed by atoms with Gasteiger partial charge in [-0.15, -0.1) is 0 Å². The van der Waals surface area contributed by atoms with E-state index in [1.54, 1.807) is 24.4 Å². The van der Waals surface area contributed by atoms with Crippen molar-refractivity contribution in [1.29, 1.82) is 0 Å². The van der Waals surface area contributed by atoms with Crippen LogP contribution in [0.15, 0.2) is 66.9 Å². The van der Waals surface area contributed by atoms with Crippen molar-refractivity contribution < 1.29 is 17.9 Å². The molecule has 1 heterocycles. The van der Waals surface area contributed by atoms with Gasteiger partial charge in [0.15, 0.2) is 11.6 Å². The summed E-state index contributed by atoms with van der Waals surface area (Å²) < 4.78 is 47.1. The molecule has 0 aliphatic rings. The van der Waals surface area contributed by atoms with E-state index in [1.165, 1.54) is 18.2 Å². The molecule has 5 heteroatoms. The van der Waals surface area contributed by atoms with Crippen molar-refractivity contribution in [3.63, 3.8) is 0 Å². The first-order chi connectivity index (χ1) is 15.5. The smallest absolute Gasteiger partial charge is 0.166 e. The van der Waals surface area contributed by atoms with Crippen LogP contribution in [-0.2, 0) is 12.8 Å². The molecule has 0 aliphatic heterocycles. The van der Waals surface area contributed by atoms with Crippen LogP contribution in [-0.4, -0.2) is 11.6 Å². The molecule has 0 atom stereocenters. The van der Waals surface area contributed by atoms with E-state index in [1.807, 2.05) is 25.1 Å². The summed E-state index contributed by atoms with van der Waals surface area (Å²) in [5.41, 5.74) is 2.63. The number of hydrogen-bond acceptors (Lipinski definition) is 2. The summed E-state index contributed by atoms with van der Waals surface area (Å²) in [6, 6.07) is 16.1. The number of hydrogen-bond donors (Lipinski definition) is 0. The van der Waals surface area contributed by atoms with Gasteiger partial charge < -0.3 is 4.74 Å². The summed E-state index contributed by atoms with van der Waals surface area (Å²) in [6.07, 6.45) is 3.03. The van der Waals surface area contributed by atoms with Crippen LogP contribution in [0.1, 0.15) is 29.3 Å². The first-order valence-corrected chi connectivity index (χ1v) is 10.3. The highest BCUT2D eigenvalue weighted by molar-refractivity contribution is 5.84. The fraction of sp³-hybridized carbons (Fsp3) is 0.148. The van der Waals surface area contributed by atoms with Gasteiger partial charge in [-0.2, -0.15) is 0 Å². The number of benzene rings is 3. The standard InChI is InChI=1S/C27H20F3NO/c1-2-32-23-12-11-22(31-17-23)10-5-19-4-8-20(26(29)16-19)7-3-18-6-13-24-21(15-18)9-14-25(28)27(24)30/h4,6,8-9,11-17H,2,5,10H2,1H3. The molecule has 0 fully saturated rings. The van der Waals surface area contributed by atoms with E-state index in [9.17, 15) is 13.2 Å². The molecule has 3 aromatic carbocycles. The molecule has 2 nitrogen and oxygen atoms in total. The van der Waals surface area contributed by atoms with Crippen LogP contribution in [0.2, 0.25) is 0 Å². The summed E-state index contributed by atoms with van der Waals surface area (Å²) in [7, 11) is 0. The number of pyridine rings is 1. The first-order valence-electron chi connectivity index (χ1n) is 10.3. The van der Waals surface area contributed by atoms with Gasteiger partial charge in [0.25, 0.3) is 0 Å². The highest BCUT2D eigenvalue weighted by atomic mass is 19.2. The zero-order chi connectivity index (χ0) is 22.5. The minimum absolute atomic E-state index is 0.188. The van der Waals surface area contributed by atoms with Crippen LogP contribution in [0, 0.1) is 29.3 Å². The molecule has 0 amide bonds. The Bertz CT molecular complexity index is 1320. The van der Waals surface area contributed by atoms with E-state index in [0.717, 1.165) is 23.1 Å². The van der Waals surface area contributed by atoms with Crippen molar-refractivity contribution in [2.75, 3.05) is 6.61 Å². The molecule has 4 rings (SSSR count). The maximum atomic E-state index is 14.5. The number of aryl methyl sites for hydroxylation is 2. The Morgan fingerprint density at radius 1 is 0.844 bits per heavy atom. The molecule has 0 spiro atoms. The minimum Gasteiger partial charge on any atom is -0.492 e. The molecular formula is C27H20F3NO. The van der Waals surface area contributed by atoms with Gasteiger partial charge in [-0.05, 0) is 73.2 Å². The highest BCUT2D eigenvalue weighted by Crippen LogP contribution is 2.21. The van der Waals surface area contributed by atoms with Crippen LogP contribution in [0.3, 0.4) is 0 Å². The third-order valence-electron chi connectivity index (χ3n) is 5.06. The molecule has 160 valence electrons. The fourth-order valence-corrected chi connectivity index (χ4v) is 3.38. The zero-order valence-corrected chi connectivity index (χ0v) is 17.5. The Kier molecular flexibility index (Phi) is 6.42. The van der Waals surface area contributed by atoms with E-state index in [-0.39, 0.29) is 10.9 Å². The predicted molar refractivity (Wildman–Crippen MR) is 119 cm³/mol. The number of ether oxygens (including phenoxy) is 1. The van der Waals surface area contributed by atoms with Gasteiger partial charge >= 0.3 is 0 Å². The van der Waals surface area contributed by atoms with E-state index in [2.05, 4.69) is 16.8 Å². The van der Waals surface area contributed by atoms with Crippen molar-refractivity contribution in [2.24, 2.45) is 0 Å². The Hall–Kier alpha value is -3.78. The third kappa shape index (κ3) is 4.92. The molecule has 32 heavy (non-hydrogen) atoms. The minimum atomic E-state index is -0.892. The third-order valence-corrected chi connectivity index (χ3v) is 5.06. The lowest BCUT2D eigenvalue weighted by Gasteiger charge is -2.05. The van der Waals surface area contributed by atoms with Crippen LogP contribution >= 0.6 is 0 Å². The average molecular weight is 431 g/mol. The molecule has 0 saturated carbocycles. The molecule has 4 aromatic rings. The first kappa shape index (κ1) is 21.5. The van der Waals surface area contributed by atoms with Crippen LogP contribution in [0.25, 0.3) is 10.8 Å². The predicted octanol–water partition coefficient (Wildman–Crippen LogP) is 6.24. The van der Waals surface area contributed by atoms with Gasteiger partial charge in [0.2, 0.25) is 0 Å². The van der Waals surface area contributed by atoms with Crippen molar-refractivity contribution in [1.82, 2.24) is 4.98 Å². The molecule has 0 N–H and O–H groups in total. The second kappa shape index (κ2) is 9.57. The normalized spacial score (nSPS) is 10.6. The van der Waals surface area contributed by atoms with Gasteiger partial charge in [0.1, 0.15) is 11.6 Å². The number of halogens is 3. The highest BCUT2D eigenvalue weighted by Gasteiger charge is 2.07. The van der Waals surface area contributed by atoms with Gasteiger partial charge in [-0.3, -0.25) is 4.98 Å². The average Bonchev–Trinajstić information content (AvgIpc) is 2.80. The second-order valence-corrected chi connectivity index (χ2v) is 7.28. The summed E-state index contributed by atoms with van der Waals surface area (Å²) in [5, 5.41) is 0.725. The van der Waals surface area contributed by atoms with Gasteiger partial charge in [-0.1, -0.05) is 30.0 Å². The van der Waals surface area contributed by atoms with E-state index in [0.29, 0.717) is 30.4 Å². The van der Waals surface area contributed by atoms with E-state index >= 15 is 0 Å². The Labute approximate surface area is 184 Å². The monoisotopic (exact) mass is 431 g/mol. The second-order valence-electron chi connectivity index (χ2n) is 7.28. The molecule has 0 unspecified atom stereocenters. The largest absolute Gasteiger partial charge is 0.492 e. The van der Waals surface area contributed by atoms with Crippen molar-refractivity contribution in [2.45, 2.75) is 19.8 Å². The van der Waals surface area contributed by atoms with E-state index < -0.39 is 17.5 Å². The zero-order valence-electron chi connectivity index (χ0n) is 17.5. The molecule has 0 aliphatic carbocycles. The number of aromatic nitrogens is 1. The maximum Gasteiger partial charge on any atom is 0.166 e. The lowest BCUT2D eigenvalue weighted by atomic mass is 10.0. The van der Waals surface area contributed by atoms with Gasteiger partial charge in [-0.25, -0.2) is 13.2 Å². The van der Waals surface area contributed by atoms with E-state index in [4.69, 9.17) is 4.74 Å². The summed E-state index contributed by atoms with van der Waals surface area (Å²) in [5.74, 6) is 4.27. The summed E-state index contributed by atoms with van der Waals surface area (Å²) in [4.78, 5) is 4.36. The fourth-order valence-electron chi connectivity index (χ4n) is 3.38. The van der Waals surface area contributed by atoms with Crippen LogP contribution in [0.5, 0.6) is 5.75 Å². The van der Waals surface area contributed by atoms with Crippen molar-refractivity contribution >= 4 is 10.8 Å². The Balaban J connectivity index is 1.45. The van der Waals surface area contributed by atoms with Gasteiger partial charge in [0, 0.05) is 16.6 Å². The van der Waals surface area contributed by atoms with Crippen LogP contribution < -0.4 is 4.74 Å². The molecular weight excluding hydrogens is 411 g/mol. The quantitative estimate of drug-likeness (QED) is 0.349. The Morgan fingerprint density at radius 2 is 1.72 bits per heavy atom. The lowest BCUT2D eigenvalue weighted by Crippen LogP contribution is -1.97. The number of rotatable bonds is 5. The number of nitrogens with zero attached hydrogens (tertiary/aromatic N) is 1. The Morgan fingerprint density at radius 3 is 2.47 bits per heavy atom. The number of fused-ring (bicyclic) bond motifs is 1. The van der Waals surface area contributed by atoms with Crippen molar-refractivity contribution in [3.05, 3.63) is 107 Å². The van der Waals surface area contributed by atoms with Gasteiger partial charge in [0.05, 0.1) is 18.4 Å². The SMILES string of the molecule is CCOc1ccc(CCc2ccc(C#Cc3ccc4c(F)c(F)ccc4c3)c(F)c2)nc1. The van der Waals surface area contributed by atoms with Crippen LogP contribution in [0.4, 0.5) is 13.2 Å². The van der Waals surface area contributed by atoms with Crippen molar-refractivity contribution in [3.8, 4) is 17.6 Å². The molecule has 0 bridgehead atoms. The maximum absolute atomic E-state index is 14.5. The molecule has 0 radical (unpaired) electrons. The lowest BCUT2D eigenvalue weighted by molar-refractivity contribution is 0.338. The topological polar surface area (TPSA) is 22.1 Å². The molecule has 0 saturated heterocycles. The summed E-state index contributed by atoms with van der Waals surface area (Å²) >= 11 is 0. The summed E-state index contributed by atoms with van der Waals surface area (Å²) in [6.45, 7) is 2.51.